The lowest BCUT2D eigenvalue weighted by atomic mass is 9.76. The van der Waals surface area contributed by atoms with Crippen molar-refractivity contribution in [1.82, 2.24) is 10.2 Å². The molecule has 3 aromatic rings. The van der Waals surface area contributed by atoms with Gasteiger partial charge in [-0.25, -0.2) is 0 Å². The summed E-state index contributed by atoms with van der Waals surface area (Å²) in [6.45, 7) is 0.605. The Morgan fingerprint density at radius 1 is 0.828 bits per heavy atom. The summed E-state index contributed by atoms with van der Waals surface area (Å²) >= 11 is 0. The highest BCUT2D eigenvalue weighted by Crippen LogP contribution is 2.43. The van der Waals surface area contributed by atoms with Crippen LogP contribution in [0.5, 0.6) is 0 Å². The van der Waals surface area contributed by atoms with Gasteiger partial charge in [0.2, 0.25) is 0 Å². The van der Waals surface area contributed by atoms with E-state index in [9.17, 15) is 4.79 Å². The van der Waals surface area contributed by atoms with E-state index < -0.39 is 11.5 Å². The largest absolute Gasteiger partial charge is 0.481 e. The van der Waals surface area contributed by atoms with Gasteiger partial charge in [0.15, 0.2) is 0 Å². The topological polar surface area (TPSA) is 52.6 Å². The van der Waals surface area contributed by atoms with E-state index >= 15 is 0 Å². The predicted octanol–water partition coefficient (Wildman–Crippen LogP) is 4.55. The van der Waals surface area contributed by atoms with Crippen LogP contribution in [-0.2, 0) is 10.3 Å². The van der Waals surface area contributed by atoms with E-state index in [2.05, 4.69) is 89.2 Å². The maximum absolute atomic E-state index is 11.0. The molecule has 2 N–H and O–H groups in total. The Hall–Kier alpha value is -3.53. The predicted molar refractivity (Wildman–Crippen MR) is 114 cm³/mol. The summed E-state index contributed by atoms with van der Waals surface area (Å²) < 4.78 is 0. The van der Waals surface area contributed by atoms with Crippen LogP contribution in [0.2, 0.25) is 0 Å². The van der Waals surface area contributed by atoms with Gasteiger partial charge < -0.3 is 15.3 Å². The monoisotopic (exact) mass is 384 g/mol. The average molecular weight is 384 g/mol. The third kappa shape index (κ3) is 3.61. The number of aliphatic carboxylic acids is 1. The maximum atomic E-state index is 11.0. The van der Waals surface area contributed by atoms with Crippen molar-refractivity contribution in [1.29, 1.82) is 0 Å². The molecule has 0 unspecified atom stereocenters. The van der Waals surface area contributed by atoms with Crippen LogP contribution in [0.1, 0.15) is 29.5 Å². The Balaban J connectivity index is 1.91. The van der Waals surface area contributed by atoms with Crippen LogP contribution >= 0.6 is 0 Å². The molecule has 29 heavy (non-hydrogen) atoms. The lowest BCUT2D eigenvalue weighted by Crippen LogP contribution is -2.45. The first-order valence-corrected chi connectivity index (χ1v) is 9.81. The summed E-state index contributed by atoms with van der Waals surface area (Å²) in [5, 5.41) is 12.5. The number of carboxylic acids is 1. The van der Waals surface area contributed by atoms with Crippen molar-refractivity contribution in [2.24, 2.45) is 0 Å². The highest BCUT2D eigenvalue weighted by Gasteiger charge is 2.42. The fourth-order valence-corrected chi connectivity index (χ4v) is 4.11. The van der Waals surface area contributed by atoms with E-state index in [1.54, 1.807) is 0 Å². The molecule has 4 nitrogen and oxygen atoms in total. The van der Waals surface area contributed by atoms with Crippen LogP contribution in [0, 0.1) is 0 Å². The molecule has 1 aliphatic heterocycles. The number of nitrogens with zero attached hydrogens (tertiary/aromatic N) is 1. The van der Waals surface area contributed by atoms with Gasteiger partial charge in [-0.1, -0.05) is 91.0 Å². The van der Waals surface area contributed by atoms with Crippen molar-refractivity contribution in [3.05, 3.63) is 120 Å². The molecule has 0 aromatic heterocycles. The Labute approximate surface area is 171 Å². The van der Waals surface area contributed by atoms with Gasteiger partial charge >= 0.3 is 5.97 Å². The summed E-state index contributed by atoms with van der Waals surface area (Å²) in [4.78, 5) is 13.3. The molecule has 0 saturated carbocycles. The number of nitrogens with one attached hydrogen (secondary N) is 1. The van der Waals surface area contributed by atoms with E-state index in [-0.39, 0.29) is 6.42 Å². The smallest absolute Gasteiger partial charge is 0.303 e. The number of allylic oxidation sites excluding steroid dienone is 1. The van der Waals surface area contributed by atoms with Gasteiger partial charge in [0.05, 0.1) is 13.1 Å². The maximum Gasteiger partial charge on any atom is 0.303 e. The first kappa shape index (κ1) is 18.8. The van der Waals surface area contributed by atoms with Crippen LogP contribution in [0.25, 0.3) is 0 Å². The molecule has 146 valence electrons. The molecule has 1 heterocycles. The van der Waals surface area contributed by atoms with Gasteiger partial charge in [-0.15, -0.1) is 0 Å². The summed E-state index contributed by atoms with van der Waals surface area (Å²) in [5.74, 6) is -0.786. The fraction of sp³-hybridized carbons (Fsp3) is 0.160. The molecule has 0 amide bonds. The Bertz CT molecular complexity index is 888. The third-order valence-electron chi connectivity index (χ3n) is 5.40. The molecule has 0 radical (unpaired) electrons. The minimum atomic E-state index is -0.786. The van der Waals surface area contributed by atoms with Crippen LogP contribution in [0.15, 0.2) is 103 Å². The molecule has 4 heteroatoms. The number of carboxylic acid groups (broad SMARTS) is 1. The Morgan fingerprint density at radius 2 is 1.28 bits per heavy atom. The molecule has 1 aliphatic rings. The van der Waals surface area contributed by atoms with Gasteiger partial charge in [-0.3, -0.25) is 4.79 Å². The van der Waals surface area contributed by atoms with E-state index in [4.69, 9.17) is 5.11 Å². The fourth-order valence-electron chi connectivity index (χ4n) is 4.11. The second-order valence-electron chi connectivity index (χ2n) is 7.16. The minimum absolute atomic E-state index is 0.113. The van der Waals surface area contributed by atoms with E-state index in [1.807, 2.05) is 18.2 Å². The molecule has 0 spiro atoms. The van der Waals surface area contributed by atoms with Crippen molar-refractivity contribution < 1.29 is 9.90 Å². The van der Waals surface area contributed by atoms with E-state index in [0.29, 0.717) is 13.1 Å². The van der Waals surface area contributed by atoms with Gasteiger partial charge in [-0.2, -0.15) is 0 Å². The van der Waals surface area contributed by atoms with Crippen LogP contribution in [-0.4, -0.2) is 22.6 Å². The van der Waals surface area contributed by atoms with Gasteiger partial charge in [0.25, 0.3) is 0 Å². The van der Waals surface area contributed by atoms with Gasteiger partial charge in [0, 0.05) is 11.9 Å². The SMILES string of the molecule is O=C(O)CCC1=CN(C(c2ccccc2)(c2ccccc2)c2ccccc2)CN1. The third-order valence-corrected chi connectivity index (χ3v) is 5.40. The first-order valence-electron chi connectivity index (χ1n) is 9.81. The van der Waals surface area contributed by atoms with Crippen molar-refractivity contribution in [3.8, 4) is 0 Å². The number of carbonyl (C=O) groups is 1. The molecule has 0 atom stereocenters. The van der Waals surface area contributed by atoms with Gasteiger partial charge in [-0.05, 0) is 23.1 Å². The molecular formula is C25H24N2O2. The number of hydrogen-bond donors (Lipinski definition) is 2. The summed E-state index contributed by atoms with van der Waals surface area (Å²) in [6, 6.07) is 31.4. The molecule has 0 bridgehead atoms. The highest BCUT2D eigenvalue weighted by molar-refractivity contribution is 5.67. The van der Waals surface area contributed by atoms with E-state index in [0.717, 1.165) is 22.4 Å². The first-order chi connectivity index (χ1) is 14.2. The molecule has 0 saturated heterocycles. The second kappa shape index (κ2) is 8.23. The van der Waals surface area contributed by atoms with Crippen molar-refractivity contribution in [2.45, 2.75) is 18.4 Å². The lowest BCUT2D eigenvalue weighted by molar-refractivity contribution is -0.136. The Kier molecular flexibility index (Phi) is 5.34. The van der Waals surface area contributed by atoms with Crippen LogP contribution in [0.3, 0.4) is 0 Å². The lowest BCUT2D eigenvalue weighted by Gasteiger charge is -2.43. The summed E-state index contributed by atoms with van der Waals surface area (Å²) in [6.07, 6.45) is 2.68. The molecule has 0 aliphatic carbocycles. The zero-order valence-electron chi connectivity index (χ0n) is 16.2. The molecular weight excluding hydrogens is 360 g/mol. The summed E-state index contributed by atoms with van der Waals surface area (Å²) in [7, 11) is 0. The highest BCUT2D eigenvalue weighted by atomic mass is 16.4. The minimum Gasteiger partial charge on any atom is -0.481 e. The normalized spacial score (nSPS) is 13.7. The second-order valence-corrected chi connectivity index (χ2v) is 7.16. The van der Waals surface area contributed by atoms with E-state index in [1.165, 1.54) is 0 Å². The van der Waals surface area contributed by atoms with Crippen LogP contribution in [0.4, 0.5) is 0 Å². The number of hydrogen-bond acceptors (Lipinski definition) is 3. The van der Waals surface area contributed by atoms with Gasteiger partial charge in [0.1, 0.15) is 5.54 Å². The molecule has 0 fully saturated rings. The molecule has 3 aromatic carbocycles. The van der Waals surface area contributed by atoms with Crippen molar-refractivity contribution in [2.75, 3.05) is 6.67 Å². The zero-order chi connectivity index (χ0) is 20.1. The summed E-state index contributed by atoms with van der Waals surface area (Å²) in [5.41, 5.74) is 3.90. The number of rotatable bonds is 7. The number of benzene rings is 3. The van der Waals surface area contributed by atoms with Crippen molar-refractivity contribution >= 4 is 5.97 Å². The van der Waals surface area contributed by atoms with Crippen molar-refractivity contribution in [3.63, 3.8) is 0 Å². The molecule has 4 rings (SSSR count). The quantitative estimate of drug-likeness (QED) is 0.587. The zero-order valence-corrected chi connectivity index (χ0v) is 16.2. The standard InChI is InChI=1S/C25H24N2O2/c28-24(29)17-16-23-18-27(19-26-23)25(20-10-4-1-5-11-20,21-12-6-2-7-13-21)22-14-8-3-9-15-22/h1-15,18,26H,16-17,19H2,(H,28,29). The van der Waals surface area contributed by atoms with Crippen LogP contribution < -0.4 is 5.32 Å². The average Bonchev–Trinajstić information content (AvgIpc) is 3.24. The Morgan fingerprint density at radius 3 is 1.69 bits per heavy atom.